The van der Waals surface area contributed by atoms with Crippen LogP contribution in [0.15, 0.2) is 12.4 Å². The molecule has 1 unspecified atom stereocenters. The first-order valence-electron chi connectivity index (χ1n) is 6.06. The van der Waals surface area contributed by atoms with Crippen LogP contribution in [0.3, 0.4) is 0 Å². The van der Waals surface area contributed by atoms with Gasteiger partial charge in [0.1, 0.15) is 5.82 Å². The van der Waals surface area contributed by atoms with Crippen molar-refractivity contribution in [1.82, 2.24) is 19.8 Å². The quantitative estimate of drug-likeness (QED) is 0.756. The molecule has 4 heteroatoms. The van der Waals surface area contributed by atoms with Crippen molar-refractivity contribution in [3.05, 3.63) is 18.2 Å². The van der Waals surface area contributed by atoms with Crippen molar-refractivity contribution in [3.8, 4) is 0 Å². The fourth-order valence-corrected chi connectivity index (χ4v) is 1.82. The van der Waals surface area contributed by atoms with E-state index in [0.717, 1.165) is 31.9 Å². The van der Waals surface area contributed by atoms with Crippen molar-refractivity contribution >= 4 is 0 Å². The first-order chi connectivity index (χ1) is 7.69. The highest BCUT2D eigenvalue weighted by Crippen LogP contribution is 2.06. The van der Waals surface area contributed by atoms with Crippen LogP contribution in [-0.2, 0) is 13.6 Å². The molecule has 1 atom stereocenters. The average Bonchev–Trinajstić information content (AvgIpc) is 2.65. The zero-order valence-corrected chi connectivity index (χ0v) is 10.9. The second kappa shape index (κ2) is 6.66. The Morgan fingerprint density at radius 1 is 1.50 bits per heavy atom. The molecule has 0 aromatic carbocycles. The van der Waals surface area contributed by atoms with E-state index in [1.807, 2.05) is 19.4 Å². The summed E-state index contributed by atoms with van der Waals surface area (Å²) in [4.78, 5) is 6.72. The summed E-state index contributed by atoms with van der Waals surface area (Å²) in [5, 5.41) is 3.41. The standard InChI is InChI=1S/C12H24N4/c1-5-11(9-13-6-2)16(4)10-12-14-7-8-15(12)3/h7-8,11,13H,5-6,9-10H2,1-4H3. The monoisotopic (exact) mass is 224 g/mol. The molecule has 1 N–H and O–H groups in total. The Morgan fingerprint density at radius 2 is 2.25 bits per heavy atom. The lowest BCUT2D eigenvalue weighted by Gasteiger charge is -2.27. The summed E-state index contributed by atoms with van der Waals surface area (Å²) in [5.74, 6) is 1.12. The smallest absolute Gasteiger partial charge is 0.122 e. The van der Waals surface area contributed by atoms with E-state index >= 15 is 0 Å². The summed E-state index contributed by atoms with van der Waals surface area (Å²) in [6, 6.07) is 0.580. The highest BCUT2D eigenvalue weighted by Gasteiger charge is 2.13. The van der Waals surface area contributed by atoms with Gasteiger partial charge in [0.2, 0.25) is 0 Å². The fourth-order valence-electron chi connectivity index (χ4n) is 1.82. The minimum absolute atomic E-state index is 0.580. The summed E-state index contributed by atoms with van der Waals surface area (Å²) in [6.45, 7) is 7.37. The Balaban J connectivity index is 2.49. The van der Waals surface area contributed by atoms with Crippen LogP contribution >= 0.6 is 0 Å². The van der Waals surface area contributed by atoms with Crippen molar-refractivity contribution in [2.45, 2.75) is 32.9 Å². The zero-order chi connectivity index (χ0) is 12.0. The minimum Gasteiger partial charge on any atom is -0.337 e. The van der Waals surface area contributed by atoms with Gasteiger partial charge >= 0.3 is 0 Å². The van der Waals surface area contributed by atoms with Crippen molar-refractivity contribution in [3.63, 3.8) is 0 Å². The van der Waals surface area contributed by atoms with E-state index in [2.05, 4.69) is 40.7 Å². The van der Waals surface area contributed by atoms with E-state index in [0.29, 0.717) is 6.04 Å². The summed E-state index contributed by atoms with van der Waals surface area (Å²) in [6.07, 6.45) is 5.01. The van der Waals surface area contributed by atoms with Gasteiger partial charge in [-0.1, -0.05) is 13.8 Å². The lowest BCUT2D eigenvalue weighted by molar-refractivity contribution is 0.215. The van der Waals surface area contributed by atoms with Crippen molar-refractivity contribution in [2.75, 3.05) is 20.1 Å². The molecule has 92 valence electrons. The lowest BCUT2D eigenvalue weighted by atomic mass is 10.2. The normalized spacial score (nSPS) is 13.3. The van der Waals surface area contributed by atoms with Gasteiger partial charge in [-0.25, -0.2) is 4.98 Å². The molecule has 16 heavy (non-hydrogen) atoms. The van der Waals surface area contributed by atoms with E-state index in [1.165, 1.54) is 0 Å². The molecule has 1 aromatic heterocycles. The molecule has 0 aliphatic carbocycles. The van der Waals surface area contributed by atoms with Crippen molar-refractivity contribution < 1.29 is 0 Å². The molecule has 1 heterocycles. The third-order valence-electron chi connectivity index (χ3n) is 3.04. The first-order valence-corrected chi connectivity index (χ1v) is 6.06. The lowest BCUT2D eigenvalue weighted by Crippen LogP contribution is -2.39. The summed E-state index contributed by atoms with van der Waals surface area (Å²) in [5.41, 5.74) is 0. The van der Waals surface area contributed by atoms with Gasteiger partial charge < -0.3 is 9.88 Å². The van der Waals surface area contributed by atoms with Gasteiger partial charge in [-0.05, 0) is 20.0 Å². The number of nitrogens with zero attached hydrogens (tertiary/aromatic N) is 3. The summed E-state index contributed by atoms with van der Waals surface area (Å²) >= 11 is 0. The maximum atomic E-state index is 4.35. The van der Waals surface area contributed by atoms with Crippen molar-refractivity contribution in [1.29, 1.82) is 0 Å². The highest BCUT2D eigenvalue weighted by atomic mass is 15.2. The maximum Gasteiger partial charge on any atom is 0.122 e. The second-order valence-electron chi connectivity index (χ2n) is 4.24. The van der Waals surface area contributed by atoms with Gasteiger partial charge in [-0.15, -0.1) is 0 Å². The third kappa shape index (κ3) is 3.61. The van der Waals surface area contributed by atoms with E-state index in [4.69, 9.17) is 0 Å². The van der Waals surface area contributed by atoms with E-state index in [-0.39, 0.29) is 0 Å². The molecule has 0 saturated carbocycles. The number of aromatic nitrogens is 2. The molecule has 0 amide bonds. The Labute approximate surface area is 98.7 Å². The predicted octanol–water partition coefficient (Wildman–Crippen LogP) is 1.24. The number of likely N-dealkylation sites (N-methyl/N-ethyl adjacent to an activating group) is 2. The van der Waals surface area contributed by atoms with Crippen LogP contribution in [0.25, 0.3) is 0 Å². The number of nitrogens with one attached hydrogen (secondary N) is 1. The number of aryl methyl sites for hydroxylation is 1. The molecule has 0 aliphatic heterocycles. The molecule has 0 saturated heterocycles. The molecule has 1 aromatic rings. The summed E-state index contributed by atoms with van der Waals surface area (Å²) < 4.78 is 2.08. The molecule has 0 radical (unpaired) electrons. The van der Waals surface area contributed by atoms with E-state index in [1.54, 1.807) is 0 Å². The molecule has 0 bridgehead atoms. The van der Waals surface area contributed by atoms with E-state index < -0.39 is 0 Å². The number of hydrogen-bond acceptors (Lipinski definition) is 3. The Hall–Kier alpha value is -0.870. The van der Waals surface area contributed by atoms with Gasteiger partial charge in [0.05, 0.1) is 6.54 Å². The molecule has 0 spiro atoms. The van der Waals surface area contributed by atoms with E-state index in [9.17, 15) is 0 Å². The number of rotatable bonds is 7. The second-order valence-corrected chi connectivity index (χ2v) is 4.24. The van der Waals surface area contributed by atoms with Gasteiger partial charge in [-0.2, -0.15) is 0 Å². The van der Waals surface area contributed by atoms with Gasteiger partial charge in [0.25, 0.3) is 0 Å². The number of imidazole rings is 1. The zero-order valence-electron chi connectivity index (χ0n) is 10.9. The molecule has 4 nitrogen and oxygen atoms in total. The van der Waals surface area contributed by atoms with Gasteiger partial charge in [-0.3, -0.25) is 4.90 Å². The number of hydrogen-bond donors (Lipinski definition) is 1. The van der Waals surface area contributed by atoms with Crippen LogP contribution in [-0.4, -0.2) is 40.6 Å². The molecule has 0 fully saturated rings. The topological polar surface area (TPSA) is 33.1 Å². The van der Waals surface area contributed by atoms with Crippen LogP contribution in [0.4, 0.5) is 0 Å². The van der Waals surface area contributed by atoms with Gasteiger partial charge in [0, 0.05) is 32.0 Å². The van der Waals surface area contributed by atoms with Crippen molar-refractivity contribution in [2.24, 2.45) is 7.05 Å². The molecule has 0 aliphatic rings. The van der Waals surface area contributed by atoms with Crippen LogP contribution in [0.1, 0.15) is 26.1 Å². The van der Waals surface area contributed by atoms with Crippen LogP contribution in [0.2, 0.25) is 0 Å². The highest BCUT2D eigenvalue weighted by molar-refractivity contribution is 4.91. The fraction of sp³-hybridized carbons (Fsp3) is 0.750. The molecule has 1 rings (SSSR count). The van der Waals surface area contributed by atoms with Gasteiger partial charge in [0.15, 0.2) is 0 Å². The first kappa shape index (κ1) is 13.2. The molecular formula is C12H24N4. The van der Waals surface area contributed by atoms with Crippen LogP contribution < -0.4 is 5.32 Å². The van der Waals surface area contributed by atoms with Crippen LogP contribution in [0, 0.1) is 0 Å². The third-order valence-corrected chi connectivity index (χ3v) is 3.04. The Morgan fingerprint density at radius 3 is 2.75 bits per heavy atom. The summed E-state index contributed by atoms with van der Waals surface area (Å²) in [7, 11) is 4.21. The largest absolute Gasteiger partial charge is 0.337 e. The molecular weight excluding hydrogens is 200 g/mol. The average molecular weight is 224 g/mol. The Kier molecular flexibility index (Phi) is 5.49. The predicted molar refractivity (Wildman–Crippen MR) is 67.3 cm³/mol. The maximum absolute atomic E-state index is 4.35. The SMILES string of the molecule is CCNCC(CC)N(C)Cc1nccn1C. The van der Waals surface area contributed by atoms with Crippen LogP contribution in [0.5, 0.6) is 0 Å². The Bertz CT molecular complexity index is 295. The minimum atomic E-state index is 0.580.